The van der Waals surface area contributed by atoms with Crippen LogP contribution in [-0.4, -0.2) is 37.3 Å². The molecule has 1 atom stereocenters. The number of amides is 1. The highest BCUT2D eigenvalue weighted by molar-refractivity contribution is 6.32. The zero-order valence-electron chi connectivity index (χ0n) is 16.6. The minimum atomic E-state index is -2.57. The number of anilines is 1. The van der Waals surface area contributed by atoms with Gasteiger partial charge in [0, 0.05) is 18.3 Å². The van der Waals surface area contributed by atoms with Crippen molar-refractivity contribution in [2.45, 2.75) is 33.2 Å². The number of nitrogens with zero attached hydrogens (tertiary/aromatic N) is 1. The lowest BCUT2D eigenvalue weighted by Crippen LogP contribution is -2.27. The monoisotopic (exact) mass is 427 g/mol. The molecule has 0 fully saturated rings. The number of carbonyl (C=O) groups excluding carboxylic acids is 2. The smallest absolute Gasteiger partial charge is 0.272 e. The highest BCUT2D eigenvalue weighted by atomic mass is 35.5. The van der Waals surface area contributed by atoms with E-state index in [1.807, 2.05) is 0 Å². The molecule has 1 unspecified atom stereocenters. The third-order valence-electron chi connectivity index (χ3n) is 3.64. The molecular formula is C20H24ClF2N3O3. The van der Waals surface area contributed by atoms with E-state index in [0.29, 0.717) is 11.4 Å². The Morgan fingerprint density at radius 3 is 2.52 bits per heavy atom. The van der Waals surface area contributed by atoms with Gasteiger partial charge in [0.25, 0.3) is 12.3 Å². The Balaban J connectivity index is 0.00000132. The standard InChI is InChI=1S/C18H20ClF2N3O2.C2H4O/c1-10-6-13(8-17(22-3)23-10)18(25)24-11(2)12-4-5-15(14(19)7-12)26-9-16(20)21;1-2-3/h4-8,11,16H,9H2,1-3H3,(H,22,23)(H,24,25);2H,1H3. The Hall–Kier alpha value is -2.74. The van der Waals surface area contributed by atoms with Crippen LogP contribution in [0, 0.1) is 6.92 Å². The average Bonchev–Trinajstić information content (AvgIpc) is 2.66. The predicted molar refractivity (Wildman–Crippen MR) is 109 cm³/mol. The van der Waals surface area contributed by atoms with Gasteiger partial charge >= 0.3 is 0 Å². The van der Waals surface area contributed by atoms with Crippen molar-refractivity contribution in [3.63, 3.8) is 0 Å². The second kappa shape index (κ2) is 12.0. The molecule has 1 aromatic carbocycles. The summed E-state index contributed by atoms with van der Waals surface area (Å²) < 4.78 is 29.4. The Bertz CT molecular complexity index is 835. The molecule has 2 N–H and O–H groups in total. The van der Waals surface area contributed by atoms with Crippen molar-refractivity contribution in [2.75, 3.05) is 19.0 Å². The molecule has 0 saturated heterocycles. The molecule has 0 spiro atoms. The molecule has 0 aliphatic rings. The fourth-order valence-electron chi connectivity index (χ4n) is 2.35. The molecule has 0 saturated carbocycles. The number of nitrogens with one attached hydrogen (secondary N) is 2. The maximum atomic E-state index is 12.5. The predicted octanol–water partition coefficient (Wildman–Crippen LogP) is 4.43. The van der Waals surface area contributed by atoms with Gasteiger partial charge in [0.05, 0.1) is 11.1 Å². The third-order valence-corrected chi connectivity index (χ3v) is 3.94. The van der Waals surface area contributed by atoms with Gasteiger partial charge in [0.1, 0.15) is 24.5 Å². The van der Waals surface area contributed by atoms with E-state index in [2.05, 4.69) is 15.6 Å². The molecule has 0 radical (unpaired) electrons. The molecule has 0 bridgehead atoms. The number of ether oxygens (including phenoxy) is 1. The van der Waals surface area contributed by atoms with Crippen LogP contribution in [-0.2, 0) is 4.79 Å². The van der Waals surface area contributed by atoms with Crippen molar-refractivity contribution in [3.05, 3.63) is 52.2 Å². The second-order valence-electron chi connectivity index (χ2n) is 5.96. The number of aromatic nitrogens is 1. The van der Waals surface area contributed by atoms with Gasteiger partial charge in [-0.15, -0.1) is 0 Å². The van der Waals surface area contributed by atoms with Gasteiger partial charge in [0.15, 0.2) is 0 Å². The lowest BCUT2D eigenvalue weighted by molar-refractivity contribution is -0.106. The number of rotatable bonds is 7. The fourth-order valence-corrected chi connectivity index (χ4v) is 2.59. The SMILES string of the molecule is CC=O.CNc1cc(C(=O)NC(C)c2ccc(OCC(F)F)c(Cl)c2)cc(C)n1. The van der Waals surface area contributed by atoms with Crippen molar-refractivity contribution in [1.29, 1.82) is 0 Å². The molecule has 1 aromatic heterocycles. The largest absolute Gasteiger partial charge is 0.486 e. The van der Waals surface area contributed by atoms with Crippen LogP contribution in [0.4, 0.5) is 14.6 Å². The molecule has 9 heteroatoms. The highest BCUT2D eigenvalue weighted by Gasteiger charge is 2.15. The molecular weight excluding hydrogens is 404 g/mol. The van der Waals surface area contributed by atoms with E-state index < -0.39 is 13.0 Å². The van der Waals surface area contributed by atoms with Gasteiger partial charge in [0.2, 0.25) is 0 Å². The summed E-state index contributed by atoms with van der Waals surface area (Å²) in [5, 5.41) is 5.99. The van der Waals surface area contributed by atoms with E-state index in [1.54, 1.807) is 45.2 Å². The van der Waals surface area contributed by atoms with Gasteiger partial charge in [-0.1, -0.05) is 17.7 Å². The molecule has 1 heterocycles. The zero-order valence-corrected chi connectivity index (χ0v) is 17.4. The number of alkyl halides is 2. The minimum Gasteiger partial charge on any atom is -0.486 e. The van der Waals surface area contributed by atoms with Crippen LogP contribution in [0.5, 0.6) is 5.75 Å². The maximum absolute atomic E-state index is 12.5. The Labute approximate surface area is 173 Å². The maximum Gasteiger partial charge on any atom is 0.272 e. The first kappa shape index (κ1) is 24.3. The second-order valence-corrected chi connectivity index (χ2v) is 6.36. The molecule has 6 nitrogen and oxygen atoms in total. The third kappa shape index (κ3) is 8.03. The van der Waals surface area contributed by atoms with Crippen molar-refractivity contribution >= 4 is 29.6 Å². The van der Waals surface area contributed by atoms with E-state index in [4.69, 9.17) is 21.1 Å². The number of carbonyl (C=O) groups is 2. The summed E-state index contributed by atoms with van der Waals surface area (Å²) in [6, 6.07) is 7.79. The molecule has 29 heavy (non-hydrogen) atoms. The topological polar surface area (TPSA) is 80.3 Å². The Morgan fingerprint density at radius 2 is 1.97 bits per heavy atom. The highest BCUT2D eigenvalue weighted by Crippen LogP contribution is 2.28. The van der Waals surface area contributed by atoms with Crippen molar-refractivity contribution in [3.8, 4) is 5.75 Å². The van der Waals surface area contributed by atoms with E-state index in [-0.39, 0.29) is 22.7 Å². The molecule has 158 valence electrons. The average molecular weight is 428 g/mol. The van der Waals surface area contributed by atoms with Crippen LogP contribution in [0.3, 0.4) is 0 Å². The number of benzene rings is 1. The van der Waals surface area contributed by atoms with Crippen LogP contribution >= 0.6 is 11.6 Å². The van der Waals surface area contributed by atoms with Gasteiger partial charge in [-0.3, -0.25) is 4.79 Å². The number of aryl methyl sites for hydroxylation is 1. The van der Waals surface area contributed by atoms with E-state index in [9.17, 15) is 13.6 Å². The summed E-state index contributed by atoms with van der Waals surface area (Å²) in [6.07, 6.45) is -1.82. The fraction of sp³-hybridized carbons (Fsp3) is 0.350. The van der Waals surface area contributed by atoms with Crippen LogP contribution < -0.4 is 15.4 Å². The molecule has 2 aromatic rings. The van der Waals surface area contributed by atoms with Gasteiger partial charge in [-0.05, 0) is 50.6 Å². The zero-order chi connectivity index (χ0) is 22.0. The quantitative estimate of drug-likeness (QED) is 0.639. The Kier molecular flexibility index (Phi) is 10.0. The molecule has 0 aliphatic carbocycles. The summed E-state index contributed by atoms with van der Waals surface area (Å²) in [4.78, 5) is 25.5. The number of hydrogen-bond donors (Lipinski definition) is 2. The van der Waals surface area contributed by atoms with Crippen molar-refractivity contribution in [1.82, 2.24) is 10.3 Å². The first-order valence-electron chi connectivity index (χ1n) is 8.79. The lowest BCUT2D eigenvalue weighted by atomic mass is 10.1. The van der Waals surface area contributed by atoms with E-state index >= 15 is 0 Å². The van der Waals surface area contributed by atoms with Gasteiger partial charge in [-0.2, -0.15) is 0 Å². The van der Waals surface area contributed by atoms with Crippen molar-refractivity contribution in [2.24, 2.45) is 0 Å². The summed E-state index contributed by atoms with van der Waals surface area (Å²) in [5.74, 6) is 0.526. The first-order valence-corrected chi connectivity index (χ1v) is 9.17. The van der Waals surface area contributed by atoms with Crippen LogP contribution in [0.2, 0.25) is 5.02 Å². The minimum absolute atomic E-state index is 0.178. The first-order chi connectivity index (χ1) is 13.7. The van der Waals surface area contributed by atoms with E-state index in [0.717, 1.165) is 17.5 Å². The van der Waals surface area contributed by atoms with Gasteiger partial charge in [-0.25, -0.2) is 13.8 Å². The summed E-state index contributed by atoms with van der Waals surface area (Å²) >= 11 is 6.07. The molecule has 0 aliphatic heterocycles. The number of pyridine rings is 1. The molecule has 2 rings (SSSR count). The normalized spacial score (nSPS) is 11.2. The molecule has 1 amide bonds. The van der Waals surface area contributed by atoms with Gasteiger partial charge < -0.3 is 20.2 Å². The Morgan fingerprint density at radius 1 is 1.31 bits per heavy atom. The summed E-state index contributed by atoms with van der Waals surface area (Å²) in [7, 11) is 1.73. The lowest BCUT2D eigenvalue weighted by Gasteiger charge is -2.16. The summed E-state index contributed by atoms with van der Waals surface area (Å²) in [5.41, 5.74) is 1.93. The number of aldehydes is 1. The number of hydrogen-bond acceptors (Lipinski definition) is 5. The number of halogens is 3. The van der Waals surface area contributed by atoms with E-state index in [1.165, 1.54) is 13.0 Å². The van der Waals surface area contributed by atoms with Crippen LogP contribution in [0.1, 0.15) is 41.5 Å². The summed E-state index contributed by atoms with van der Waals surface area (Å²) in [6.45, 7) is 4.33. The van der Waals surface area contributed by atoms with Crippen LogP contribution in [0.15, 0.2) is 30.3 Å². The van der Waals surface area contributed by atoms with Crippen molar-refractivity contribution < 1.29 is 23.1 Å². The van der Waals surface area contributed by atoms with Crippen LogP contribution in [0.25, 0.3) is 0 Å².